The second-order valence-electron chi connectivity index (χ2n) is 6.80. The Morgan fingerprint density at radius 3 is 2.86 bits per heavy atom. The maximum Gasteiger partial charge on any atom is 0.276 e. The van der Waals surface area contributed by atoms with Gasteiger partial charge < -0.3 is 15.0 Å². The van der Waals surface area contributed by atoms with Crippen molar-refractivity contribution >= 4 is 33.8 Å². The lowest BCUT2D eigenvalue weighted by molar-refractivity contribution is 0.0943. The molecule has 8 heteroatoms. The number of rotatable bonds is 4. The van der Waals surface area contributed by atoms with Crippen LogP contribution in [0.2, 0.25) is 0 Å². The molecule has 0 fully saturated rings. The standard InChI is InChI=1S/C20H20N4O3S/c1-12-11-24(17-6-5-16(28-17)13(2)25)20(27)18-15(7-9-23(12)18)19(26)22-14-4-3-8-21-10-14/h3-10,12-13,25H,11H2,1-2H3,(H,22,26)/t12-,13?/m0/s1. The first kappa shape index (κ1) is 18.4. The second kappa shape index (κ2) is 7.21. The van der Waals surface area contributed by atoms with Gasteiger partial charge in [-0.05, 0) is 44.2 Å². The van der Waals surface area contributed by atoms with Crippen LogP contribution < -0.4 is 10.2 Å². The zero-order chi connectivity index (χ0) is 19.8. The molecule has 0 bridgehead atoms. The van der Waals surface area contributed by atoms with Crippen molar-refractivity contribution in [1.29, 1.82) is 0 Å². The van der Waals surface area contributed by atoms with Gasteiger partial charge >= 0.3 is 0 Å². The second-order valence-corrected chi connectivity index (χ2v) is 7.89. The van der Waals surface area contributed by atoms with Gasteiger partial charge in [0.1, 0.15) is 5.69 Å². The number of thiophene rings is 1. The van der Waals surface area contributed by atoms with E-state index in [1.54, 1.807) is 48.6 Å². The molecule has 0 radical (unpaired) electrons. The maximum absolute atomic E-state index is 13.2. The van der Waals surface area contributed by atoms with E-state index in [9.17, 15) is 14.7 Å². The molecule has 0 spiro atoms. The predicted molar refractivity (Wildman–Crippen MR) is 108 cm³/mol. The number of nitrogens with zero attached hydrogens (tertiary/aromatic N) is 3. The molecule has 4 rings (SSSR count). The normalized spacial score (nSPS) is 17.3. The summed E-state index contributed by atoms with van der Waals surface area (Å²) in [5.41, 5.74) is 1.27. The van der Waals surface area contributed by atoms with E-state index in [2.05, 4.69) is 10.3 Å². The van der Waals surface area contributed by atoms with Crippen LogP contribution in [0.15, 0.2) is 48.9 Å². The van der Waals surface area contributed by atoms with Crippen LogP contribution in [-0.4, -0.2) is 33.0 Å². The quantitative estimate of drug-likeness (QED) is 0.707. The zero-order valence-corrected chi connectivity index (χ0v) is 16.3. The number of amides is 2. The molecule has 1 aliphatic rings. The molecule has 4 heterocycles. The summed E-state index contributed by atoms with van der Waals surface area (Å²) in [7, 11) is 0. The van der Waals surface area contributed by atoms with Gasteiger partial charge in [-0.2, -0.15) is 0 Å². The molecule has 2 atom stereocenters. The van der Waals surface area contributed by atoms with Gasteiger partial charge in [0.2, 0.25) is 0 Å². The number of hydrogen-bond acceptors (Lipinski definition) is 5. The van der Waals surface area contributed by atoms with Crippen LogP contribution in [0.25, 0.3) is 0 Å². The predicted octanol–water partition coefficient (Wildman–Crippen LogP) is 3.47. The van der Waals surface area contributed by atoms with Crippen LogP contribution in [0.4, 0.5) is 10.7 Å². The Hall–Kier alpha value is -2.97. The molecule has 0 saturated carbocycles. The molecule has 3 aromatic rings. The Morgan fingerprint density at radius 1 is 1.36 bits per heavy atom. The first-order valence-corrected chi connectivity index (χ1v) is 9.79. The lowest BCUT2D eigenvalue weighted by Gasteiger charge is -2.32. The topological polar surface area (TPSA) is 87.5 Å². The Morgan fingerprint density at radius 2 is 2.18 bits per heavy atom. The minimum Gasteiger partial charge on any atom is -0.388 e. The largest absolute Gasteiger partial charge is 0.388 e. The van der Waals surface area contributed by atoms with Gasteiger partial charge in [-0.25, -0.2) is 0 Å². The molecule has 1 unspecified atom stereocenters. The van der Waals surface area contributed by atoms with Crippen LogP contribution in [0.5, 0.6) is 0 Å². The number of carbonyl (C=O) groups is 2. The highest BCUT2D eigenvalue weighted by Crippen LogP contribution is 2.35. The highest BCUT2D eigenvalue weighted by Gasteiger charge is 2.34. The molecule has 1 aliphatic heterocycles. The average Bonchev–Trinajstić information content (AvgIpc) is 3.33. The maximum atomic E-state index is 13.2. The highest BCUT2D eigenvalue weighted by molar-refractivity contribution is 7.16. The average molecular weight is 396 g/mol. The summed E-state index contributed by atoms with van der Waals surface area (Å²) in [6, 6.07) is 8.83. The third-order valence-corrected chi connectivity index (χ3v) is 6.02. The molecule has 144 valence electrons. The van der Waals surface area contributed by atoms with Gasteiger partial charge in [0, 0.05) is 29.9 Å². The van der Waals surface area contributed by atoms with Crippen molar-refractivity contribution in [2.24, 2.45) is 0 Å². The van der Waals surface area contributed by atoms with Gasteiger partial charge in [-0.15, -0.1) is 11.3 Å². The summed E-state index contributed by atoms with van der Waals surface area (Å²) in [6.07, 6.45) is 4.38. The Kier molecular flexibility index (Phi) is 4.74. The SMILES string of the molecule is CC(O)c1ccc(N2C[C@H](C)n3ccc(C(=O)Nc4cccnc4)c3C2=O)s1. The van der Waals surface area contributed by atoms with Crippen molar-refractivity contribution in [2.75, 3.05) is 16.8 Å². The van der Waals surface area contributed by atoms with Crippen LogP contribution in [0.1, 0.15) is 51.7 Å². The van der Waals surface area contributed by atoms with Gasteiger partial charge in [-0.3, -0.25) is 19.5 Å². The number of nitrogens with one attached hydrogen (secondary N) is 1. The molecule has 0 aromatic carbocycles. The molecule has 7 nitrogen and oxygen atoms in total. The van der Waals surface area contributed by atoms with Gasteiger partial charge in [0.05, 0.1) is 28.6 Å². The Labute approximate surface area is 166 Å². The van der Waals surface area contributed by atoms with Gasteiger partial charge in [0.25, 0.3) is 11.8 Å². The zero-order valence-electron chi connectivity index (χ0n) is 15.5. The molecule has 0 aliphatic carbocycles. The van der Waals surface area contributed by atoms with E-state index in [1.165, 1.54) is 11.3 Å². The van der Waals surface area contributed by atoms with Crippen molar-refractivity contribution in [1.82, 2.24) is 9.55 Å². The number of aromatic nitrogens is 2. The number of aliphatic hydroxyl groups excluding tert-OH is 1. The fraction of sp³-hybridized carbons (Fsp3) is 0.250. The summed E-state index contributed by atoms with van der Waals surface area (Å²) in [5.74, 6) is -0.571. The van der Waals surface area contributed by atoms with Crippen molar-refractivity contribution in [3.63, 3.8) is 0 Å². The number of fused-ring (bicyclic) bond motifs is 1. The highest BCUT2D eigenvalue weighted by atomic mass is 32.1. The molecule has 2 amide bonds. The van der Waals surface area contributed by atoms with Crippen molar-refractivity contribution < 1.29 is 14.7 Å². The molecule has 2 N–H and O–H groups in total. The Balaban J connectivity index is 1.66. The summed E-state index contributed by atoms with van der Waals surface area (Å²) >= 11 is 1.38. The first-order chi connectivity index (χ1) is 13.5. The van der Waals surface area contributed by atoms with Crippen LogP contribution in [0, 0.1) is 0 Å². The van der Waals surface area contributed by atoms with E-state index in [-0.39, 0.29) is 17.9 Å². The van der Waals surface area contributed by atoms with E-state index in [4.69, 9.17) is 0 Å². The van der Waals surface area contributed by atoms with Crippen LogP contribution in [0.3, 0.4) is 0 Å². The van der Waals surface area contributed by atoms with Gasteiger partial charge in [-0.1, -0.05) is 0 Å². The first-order valence-electron chi connectivity index (χ1n) is 8.97. The monoisotopic (exact) mass is 396 g/mol. The number of hydrogen-bond donors (Lipinski definition) is 2. The summed E-state index contributed by atoms with van der Waals surface area (Å²) < 4.78 is 1.85. The summed E-state index contributed by atoms with van der Waals surface area (Å²) in [6.45, 7) is 4.21. The van der Waals surface area contributed by atoms with E-state index >= 15 is 0 Å². The molecule has 0 saturated heterocycles. The third kappa shape index (κ3) is 3.21. The van der Waals surface area contributed by atoms with Crippen molar-refractivity contribution in [3.05, 3.63) is 65.1 Å². The van der Waals surface area contributed by atoms with Crippen LogP contribution >= 0.6 is 11.3 Å². The minimum absolute atomic E-state index is 0.0183. The number of aliphatic hydroxyl groups is 1. The van der Waals surface area contributed by atoms with Gasteiger partial charge in [0.15, 0.2) is 0 Å². The van der Waals surface area contributed by atoms with E-state index in [0.29, 0.717) is 23.5 Å². The molecule has 28 heavy (non-hydrogen) atoms. The lowest BCUT2D eigenvalue weighted by Crippen LogP contribution is -2.42. The van der Waals surface area contributed by atoms with Crippen molar-refractivity contribution in [2.45, 2.75) is 26.0 Å². The van der Waals surface area contributed by atoms with E-state index in [0.717, 1.165) is 9.88 Å². The number of pyridine rings is 1. The third-order valence-electron chi connectivity index (χ3n) is 4.74. The lowest BCUT2D eigenvalue weighted by atomic mass is 10.1. The minimum atomic E-state index is -0.583. The summed E-state index contributed by atoms with van der Waals surface area (Å²) in [5, 5.41) is 13.3. The summed E-state index contributed by atoms with van der Waals surface area (Å²) in [4.78, 5) is 32.5. The number of carbonyl (C=O) groups excluding carboxylic acids is 2. The van der Waals surface area contributed by atoms with Crippen LogP contribution in [-0.2, 0) is 0 Å². The smallest absolute Gasteiger partial charge is 0.276 e. The Bertz CT molecular complexity index is 1030. The van der Waals surface area contributed by atoms with E-state index < -0.39 is 6.10 Å². The fourth-order valence-corrected chi connectivity index (χ4v) is 4.28. The molecular weight excluding hydrogens is 376 g/mol. The van der Waals surface area contributed by atoms with Crippen molar-refractivity contribution in [3.8, 4) is 0 Å². The van der Waals surface area contributed by atoms with E-state index in [1.807, 2.05) is 23.6 Å². The number of anilines is 2. The molecule has 3 aromatic heterocycles. The molecular formula is C20H20N4O3S. The fourth-order valence-electron chi connectivity index (χ4n) is 3.32.